The van der Waals surface area contributed by atoms with Crippen molar-refractivity contribution >= 4 is 44.9 Å². The molecule has 0 radical (unpaired) electrons. The van der Waals surface area contributed by atoms with Crippen molar-refractivity contribution in [3.63, 3.8) is 0 Å². The summed E-state index contributed by atoms with van der Waals surface area (Å²) in [6.07, 6.45) is 0. The summed E-state index contributed by atoms with van der Waals surface area (Å²) in [6.45, 7) is 1.86. The summed E-state index contributed by atoms with van der Waals surface area (Å²) in [7, 11) is 0. The fraction of sp³-hybridized carbons (Fsp3) is 0.0714. The zero-order valence-electron chi connectivity index (χ0n) is 9.81. The van der Waals surface area contributed by atoms with Crippen molar-refractivity contribution in [2.24, 2.45) is 0 Å². The van der Waals surface area contributed by atoms with Gasteiger partial charge in [0.1, 0.15) is 0 Å². The van der Waals surface area contributed by atoms with Gasteiger partial charge in [0.25, 0.3) is 0 Å². The van der Waals surface area contributed by atoms with Gasteiger partial charge in [-0.15, -0.1) is 0 Å². The molecule has 5 heteroatoms. The largest absolute Gasteiger partial charge is 0.288 e. The number of hydrogen-bond acceptors (Lipinski definition) is 1. The molecule has 1 nitrogen and oxygen atoms in total. The third kappa shape index (κ3) is 2.83. The third-order valence-electron chi connectivity index (χ3n) is 2.65. The van der Waals surface area contributed by atoms with Gasteiger partial charge in [-0.05, 0) is 52.7 Å². The number of carbonyl (C=O) groups excluding carboxylic acids is 1. The fourth-order valence-corrected chi connectivity index (χ4v) is 2.44. The van der Waals surface area contributed by atoms with E-state index in [0.29, 0.717) is 9.50 Å². The van der Waals surface area contributed by atoms with Crippen LogP contribution < -0.4 is 0 Å². The molecular weight excluding hydrogens is 354 g/mol. The highest BCUT2D eigenvalue weighted by atomic mass is 79.9. The molecule has 0 atom stereocenters. The molecule has 0 aliphatic rings. The molecule has 0 amide bonds. The van der Waals surface area contributed by atoms with E-state index in [4.69, 9.17) is 23.2 Å². The summed E-state index contributed by atoms with van der Waals surface area (Å²) in [4.78, 5) is 12.3. The molecule has 2 rings (SSSR count). The Kier molecular flexibility index (Phi) is 4.29. The summed E-state index contributed by atoms with van der Waals surface area (Å²) in [6, 6.07) is 7.89. The Labute approximate surface area is 128 Å². The van der Waals surface area contributed by atoms with Crippen LogP contribution in [0.25, 0.3) is 0 Å². The van der Waals surface area contributed by atoms with Crippen LogP contribution in [0.2, 0.25) is 10.0 Å². The average Bonchev–Trinajstić information content (AvgIpc) is 2.35. The molecule has 0 saturated carbocycles. The van der Waals surface area contributed by atoms with Crippen LogP contribution in [0.15, 0.2) is 34.8 Å². The first-order chi connectivity index (χ1) is 8.91. The molecule has 0 aliphatic heterocycles. The van der Waals surface area contributed by atoms with Crippen LogP contribution in [-0.2, 0) is 0 Å². The van der Waals surface area contributed by atoms with Gasteiger partial charge in [-0.1, -0.05) is 29.3 Å². The van der Waals surface area contributed by atoms with Crippen LogP contribution >= 0.6 is 39.1 Å². The third-order valence-corrected chi connectivity index (χ3v) is 4.22. The predicted octanol–water partition coefficient (Wildman–Crippen LogP) is 5.43. The maximum Gasteiger partial charge on any atom is 0.197 e. The Balaban J connectivity index is 2.53. The molecule has 2 aromatic rings. The van der Waals surface area contributed by atoms with Crippen molar-refractivity contribution in [3.05, 3.63) is 67.4 Å². The summed E-state index contributed by atoms with van der Waals surface area (Å²) in [5.74, 6) is -1.24. The molecule has 0 bridgehead atoms. The van der Waals surface area contributed by atoms with Gasteiger partial charge in [0, 0.05) is 10.0 Å². The summed E-state index contributed by atoms with van der Waals surface area (Å²) in [5, 5.41) is 0.178. The van der Waals surface area contributed by atoms with E-state index in [9.17, 15) is 9.18 Å². The van der Waals surface area contributed by atoms with E-state index >= 15 is 0 Å². The van der Waals surface area contributed by atoms with E-state index in [2.05, 4.69) is 15.9 Å². The normalized spacial score (nSPS) is 10.6. The zero-order chi connectivity index (χ0) is 14.2. The average molecular weight is 362 g/mol. The van der Waals surface area contributed by atoms with Gasteiger partial charge in [0.15, 0.2) is 11.6 Å². The highest BCUT2D eigenvalue weighted by molar-refractivity contribution is 9.10. The molecule has 0 aromatic heterocycles. The Hall–Kier alpha value is -0.900. The Morgan fingerprint density at radius 3 is 2.42 bits per heavy atom. The Bertz CT molecular complexity index is 671. The maximum atomic E-state index is 14.0. The van der Waals surface area contributed by atoms with Crippen LogP contribution in [0.4, 0.5) is 4.39 Å². The van der Waals surface area contributed by atoms with Gasteiger partial charge in [0.2, 0.25) is 0 Å². The molecule has 19 heavy (non-hydrogen) atoms. The van der Waals surface area contributed by atoms with Crippen molar-refractivity contribution in [1.82, 2.24) is 0 Å². The first kappa shape index (κ1) is 14.5. The number of benzene rings is 2. The lowest BCUT2D eigenvalue weighted by molar-refractivity contribution is 0.103. The number of carbonyl (C=O) groups is 1. The van der Waals surface area contributed by atoms with E-state index in [1.54, 1.807) is 18.2 Å². The maximum absolute atomic E-state index is 14.0. The lowest BCUT2D eigenvalue weighted by Crippen LogP contribution is -2.06. The number of rotatable bonds is 2. The van der Waals surface area contributed by atoms with Gasteiger partial charge >= 0.3 is 0 Å². The zero-order valence-corrected chi connectivity index (χ0v) is 12.9. The van der Waals surface area contributed by atoms with E-state index < -0.39 is 11.6 Å². The second kappa shape index (κ2) is 5.61. The van der Waals surface area contributed by atoms with Crippen molar-refractivity contribution in [3.8, 4) is 0 Å². The van der Waals surface area contributed by atoms with Gasteiger partial charge in [-0.2, -0.15) is 0 Å². The molecule has 0 saturated heterocycles. The second-order valence-corrected chi connectivity index (χ2v) is 5.67. The van der Waals surface area contributed by atoms with Crippen molar-refractivity contribution < 1.29 is 9.18 Å². The highest BCUT2D eigenvalue weighted by Gasteiger charge is 2.19. The first-order valence-corrected chi connectivity index (χ1v) is 6.91. The fourth-order valence-electron chi connectivity index (χ4n) is 1.65. The quantitative estimate of drug-likeness (QED) is 0.514. The first-order valence-electron chi connectivity index (χ1n) is 5.36. The summed E-state index contributed by atoms with van der Waals surface area (Å²) in [5.41, 5.74) is 1.08. The van der Waals surface area contributed by atoms with Gasteiger partial charge in [-0.3, -0.25) is 4.79 Å². The smallest absolute Gasteiger partial charge is 0.197 e. The molecule has 0 unspecified atom stereocenters. The van der Waals surface area contributed by atoms with E-state index in [1.807, 2.05) is 6.92 Å². The lowest BCUT2D eigenvalue weighted by Gasteiger charge is -2.07. The summed E-state index contributed by atoms with van der Waals surface area (Å²) >= 11 is 14.9. The molecular formula is C14H8BrCl2FO. The van der Waals surface area contributed by atoms with Crippen LogP contribution in [0.1, 0.15) is 21.5 Å². The topological polar surface area (TPSA) is 17.1 Å². The van der Waals surface area contributed by atoms with Crippen molar-refractivity contribution in [2.75, 3.05) is 0 Å². The van der Waals surface area contributed by atoms with Gasteiger partial charge in [0.05, 0.1) is 15.6 Å². The van der Waals surface area contributed by atoms with Crippen LogP contribution in [0.5, 0.6) is 0 Å². The van der Waals surface area contributed by atoms with Gasteiger partial charge in [-0.25, -0.2) is 4.39 Å². The lowest BCUT2D eigenvalue weighted by atomic mass is 10.0. The van der Waals surface area contributed by atoms with Crippen LogP contribution in [0, 0.1) is 12.7 Å². The van der Waals surface area contributed by atoms with E-state index in [1.165, 1.54) is 12.1 Å². The SMILES string of the molecule is Cc1ccc(C(=O)c2ccc(Br)c(Cl)c2F)c(Cl)c1. The van der Waals surface area contributed by atoms with Crippen molar-refractivity contribution in [2.45, 2.75) is 6.92 Å². The minimum Gasteiger partial charge on any atom is -0.288 e. The monoisotopic (exact) mass is 360 g/mol. The predicted molar refractivity (Wildman–Crippen MR) is 78.7 cm³/mol. The minimum absolute atomic E-state index is 0.0982. The molecule has 98 valence electrons. The molecule has 0 heterocycles. The minimum atomic E-state index is -0.752. The van der Waals surface area contributed by atoms with Gasteiger partial charge < -0.3 is 0 Å². The molecule has 0 N–H and O–H groups in total. The molecule has 0 aliphatic carbocycles. The second-order valence-electron chi connectivity index (χ2n) is 4.04. The van der Waals surface area contributed by atoms with E-state index in [0.717, 1.165) is 5.56 Å². The Morgan fingerprint density at radius 1 is 1.16 bits per heavy atom. The van der Waals surface area contributed by atoms with E-state index in [-0.39, 0.29) is 16.1 Å². The van der Waals surface area contributed by atoms with Crippen LogP contribution in [-0.4, -0.2) is 5.78 Å². The molecule has 2 aromatic carbocycles. The standard InChI is InChI=1S/C14H8BrCl2FO/c1-7-2-3-8(11(16)6-7)14(19)9-4-5-10(15)12(17)13(9)18/h2-6H,1H3. The number of ketones is 1. The molecule has 0 spiro atoms. The van der Waals surface area contributed by atoms with Crippen LogP contribution in [0.3, 0.4) is 0 Å². The number of aryl methyl sites for hydroxylation is 1. The van der Waals surface area contributed by atoms with Crippen molar-refractivity contribution in [1.29, 1.82) is 0 Å². The summed E-state index contributed by atoms with van der Waals surface area (Å²) < 4.78 is 14.4. The highest BCUT2D eigenvalue weighted by Crippen LogP contribution is 2.30. The Morgan fingerprint density at radius 2 is 1.79 bits per heavy atom. The number of halogens is 4. The number of hydrogen-bond donors (Lipinski definition) is 0. The molecule has 0 fully saturated rings.